The summed E-state index contributed by atoms with van der Waals surface area (Å²) in [6, 6.07) is 3.61. The Morgan fingerprint density at radius 3 is 1.88 bits per heavy atom. The average molecular weight is 332 g/mol. The molecule has 0 aliphatic rings. The number of carbonyl (C=O) groups excluding carboxylic acids is 2. The van der Waals surface area contributed by atoms with Crippen LogP contribution < -0.4 is 11.5 Å². The molecule has 0 atom stereocenters. The van der Waals surface area contributed by atoms with E-state index in [9.17, 15) is 9.59 Å². The molecule has 1 rings (SSSR count). The van der Waals surface area contributed by atoms with E-state index in [2.05, 4.69) is 13.8 Å². The molecule has 0 saturated heterocycles. The van der Waals surface area contributed by atoms with Gasteiger partial charge in [-0.05, 0) is 42.9 Å². The number of rotatable bonds is 12. The van der Waals surface area contributed by atoms with Gasteiger partial charge in [-0.1, -0.05) is 58.4 Å². The Morgan fingerprint density at radius 2 is 1.38 bits per heavy atom. The molecule has 0 aliphatic carbocycles. The van der Waals surface area contributed by atoms with Crippen LogP contribution in [0.4, 0.5) is 0 Å². The fourth-order valence-electron chi connectivity index (χ4n) is 3.17. The minimum Gasteiger partial charge on any atom is -0.366 e. The van der Waals surface area contributed by atoms with Crippen molar-refractivity contribution in [2.24, 2.45) is 11.5 Å². The van der Waals surface area contributed by atoms with Crippen LogP contribution in [0.1, 0.15) is 97.1 Å². The molecule has 4 heteroatoms. The third-order valence-corrected chi connectivity index (χ3v) is 4.49. The summed E-state index contributed by atoms with van der Waals surface area (Å²) in [6.45, 7) is 4.32. The smallest absolute Gasteiger partial charge is 0.249 e. The summed E-state index contributed by atoms with van der Waals surface area (Å²) in [6.07, 6.45) is 10.3. The summed E-state index contributed by atoms with van der Waals surface area (Å²) in [5, 5.41) is 0. The van der Waals surface area contributed by atoms with Gasteiger partial charge in [0, 0.05) is 11.1 Å². The molecule has 0 aromatic heterocycles. The summed E-state index contributed by atoms with van der Waals surface area (Å²) in [7, 11) is 0. The van der Waals surface area contributed by atoms with E-state index >= 15 is 0 Å². The average Bonchev–Trinajstić information content (AvgIpc) is 2.54. The fraction of sp³-hybridized carbons (Fsp3) is 0.600. The van der Waals surface area contributed by atoms with Crippen molar-refractivity contribution in [3.8, 4) is 0 Å². The number of unbranched alkanes of at least 4 members (excludes halogenated alkanes) is 6. The van der Waals surface area contributed by atoms with Crippen LogP contribution in [0.25, 0.3) is 0 Å². The number of amides is 2. The molecule has 0 radical (unpaired) electrons. The van der Waals surface area contributed by atoms with Gasteiger partial charge in [0.2, 0.25) is 11.8 Å². The zero-order valence-electron chi connectivity index (χ0n) is 15.2. The summed E-state index contributed by atoms with van der Waals surface area (Å²) in [5.41, 5.74) is 13.8. The zero-order chi connectivity index (χ0) is 17.9. The number of hydrogen-bond acceptors (Lipinski definition) is 2. The number of nitrogens with two attached hydrogens (primary N) is 2. The molecule has 4 nitrogen and oxygen atoms in total. The molecule has 4 N–H and O–H groups in total. The molecule has 0 saturated carbocycles. The Morgan fingerprint density at radius 1 is 0.792 bits per heavy atom. The topological polar surface area (TPSA) is 86.2 Å². The van der Waals surface area contributed by atoms with Crippen LogP contribution in [0, 0.1) is 0 Å². The quantitative estimate of drug-likeness (QED) is 0.564. The van der Waals surface area contributed by atoms with Crippen LogP contribution in [0.3, 0.4) is 0 Å². The van der Waals surface area contributed by atoms with Gasteiger partial charge in [0.05, 0.1) is 0 Å². The van der Waals surface area contributed by atoms with E-state index in [4.69, 9.17) is 11.5 Å². The number of hydrogen-bond donors (Lipinski definition) is 2. The monoisotopic (exact) mass is 332 g/mol. The normalized spacial score (nSPS) is 10.8. The Kier molecular flexibility index (Phi) is 9.13. The molecule has 0 spiro atoms. The molecule has 1 aromatic rings. The summed E-state index contributed by atoms with van der Waals surface area (Å²) >= 11 is 0. The standard InChI is InChI=1S/C20H32N2O2/c1-3-5-7-9-11-15-13-14-17(19(21)23)16(18(15)20(22)24)12-10-8-6-4-2/h13-14H,3-12H2,1-2H3,(H2,21,23)(H2,22,24). The van der Waals surface area contributed by atoms with Gasteiger partial charge in [-0.2, -0.15) is 0 Å². The van der Waals surface area contributed by atoms with Crippen LogP contribution >= 0.6 is 0 Å². The first-order valence-electron chi connectivity index (χ1n) is 9.27. The highest BCUT2D eigenvalue weighted by atomic mass is 16.1. The lowest BCUT2D eigenvalue weighted by molar-refractivity contribution is 0.0998. The maximum Gasteiger partial charge on any atom is 0.249 e. The molecule has 0 unspecified atom stereocenters. The van der Waals surface area contributed by atoms with Gasteiger partial charge in [-0.25, -0.2) is 0 Å². The molecule has 134 valence electrons. The molecule has 2 amide bonds. The van der Waals surface area contributed by atoms with Crippen LogP contribution in [-0.4, -0.2) is 11.8 Å². The lowest BCUT2D eigenvalue weighted by atomic mass is 9.89. The van der Waals surface area contributed by atoms with E-state index in [0.717, 1.165) is 56.1 Å². The Hall–Kier alpha value is -1.84. The molecule has 24 heavy (non-hydrogen) atoms. The number of aryl methyl sites for hydroxylation is 1. The van der Waals surface area contributed by atoms with E-state index in [1.807, 2.05) is 6.07 Å². The van der Waals surface area contributed by atoms with Crippen molar-refractivity contribution in [3.05, 3.63) is 34.4 Å². The molecular formula is C20H32N2O2. The van der Waals surface area contributed by atoms with E-state index in [0.29, 0.717) is 17.5 Å². The first kappa shape index (κ1) is 20.2. The van der Waals surface area contributed by atoms with Gasteiger partial charge in [0.25, 0.3) is 0 Å². The summed E-state index contributed by atoms with van der Waals surface area (Å²) < 4.78 is 0. The van der Waals surface area contributed by atoms with Gasteiger partial charge < -0.3 is 11.5 Å². The van der Waals surface area contributed by atoms with Gasteiger partial charge in [-0.3, -0.25) is 9.59 Å². The van der Waals surface area contributed by atoms with Crippen molar-refractivity contribution in [2.75, 3.05) is 0 Å². The first-order valence-corrected chi connectivity index (χ1v) is 9.27. The SMILES string of the molecule is CCCCCCc1ccc(C(N)=O)c(CCCCCC)c1C(N)=O. The lowest BCUT2D eigenvalue weighted by Gasteiger charge is -2.16. The molecular weight excluding hydrogens is 300 g/mol. The predicted molar refractivity (Wildman–Crippen MR) is 99.2 cm³/mol. The highest BCUT2D eigenvalue weighted by Gasteiger charge is 2.19. The van der Waals surface area contributed by atoms with Crippen molar-refractivity contribution < 1.29 is 9.59 Å². The molecule has 0 heterocycles. The van der Waals surface area contributed by atoms with E-state index in [1.54, 1.807) is 6.07 Å². The Labute approximate surface area is 146 Å². The minimum atomic E-state index is -0.486. The highest BCUT2D eigenvalue weighted by molar-refractivity contribution is 6.02. The molecule has 0 fully saturated rings. The van der Waals surface area contributed by atoms with Crippen LogP contribution in [0.15, 0.2) is 12.1 Å². The second-order valence-corrected chi connectivity index (χ2v) is 6.48. The third-order valence-electron chi connectivity index (χ3n) is 4.49. The Balaban J connectivity index is 3.07. The maximum absolute atomic E-state index is 12.1. The molecule has 0 aliphatic heterocycles. The van der Waals surface area contributed by atoms with Crippen molar-refractivity contribution >= 4 is 11.8 Å². The summed E-state index contributed by atoms with van der Waals surface area (Å²) in [4.78, 5) is 23.8. The molecule has 0 bridgehead atoms. The van der Waals surface area contributed by atoms with E-state index in [1.165, 1.54) is 12.8 Å². The first-order chi connectivity index (χ1) is 11.5. The van der Waals surface area contributed by atoms with Crippen molar-refractivity contribution in [1.82, 2.24) is 0 Å². The second-order valence-electron chi connectivity index (χ2n) is 6.48. The fourth-order valence-corrected chi connectivity index (χ4v) is 3.17. The van der Waals surface area contributed by atoms with Crippen LogP contribution in [0.5, 0.6) is 0 Å². The Bertz CT molecular complexity index is 553. The zero-order valence-corrected chi connectivity index (χ0v) is 15.2. The van der Waals surface area contributed by atoms with Gasteiger partial charge >= 0.3 is 0 Å². The lowest BCUT2D eigenvalue weighted by Crippen LogP contribution is -2.22. The number of benzene rings is 1. The van der Waals surface area contributed by atoms with Crippen molar-refractivity contribution in [3.63, 3.8) is 0 Å². The highest BCUT2D eigenvalue weighted by Crippen LogP contribution is 2.24. The van der Waals surface area contributed by atoms with Crippen molar-refractivity contribution in [2.45, 2.75) is 78.1 Å². The van der Waals surface area contributed by atoms with Crippen LogP contribution in [-0.2, 0) is 12.8 Å². The van der Waals surface area contributed by atoms with Crippen molar-refractivity contribution in [1.29, 1.82) is 0 Å². The largest absolute Gasteiger partial charge is 0.366 e. The van der Waals surface area contributed by atoms with Gasteiger partial charge in [0.1, 0.15) is 0 Å². The second kappa shape index (κ2) is 10.8. The maximum atomic E-state index is 12.1. The number of primary amides is 2. The molecule has 1 aromatic carbocycles. The van der Waals surface area contributed by atoms with Crippen LogP contribution in [0.2, 0.25) is 0 Å². The third kappa shape index (κ3) is 5.99. The predicted octanol–water partition coefficient (Wildman–Crippen LogP) is 4.13. The van der Waals surface area contributed by atoms with Gasteiger partial charge in [-0.15, -0.1) is 0 Å². The van der Waals surface area contributed by atoms with E-state index < -0.39 is 11.8 Å². The summed E-state index contributed by atoms with van der Waals surface area (Å²) in [5.74, 6) is -0.936. The van der Waals surface area contributed by atoms with E-state index in [-0.39, 0.29) is 0 Å². The minimum absolute atomic E-state index is 0.442. The van der Waals surface area contributed by atoms with Gasteiger partial charge in [0.15, 0.2) is 0 Å². The number of carbonyl (C=O) groups is 2.